The number of nitrogens with two attached hydrogens (primary N) is 1. The Morgan fingerprint density at radius 3 is 2.07 bits per heavy atom. The van der Waals surface area contributed by atoms with E-state index in [0.717, 1.165) is 21.9 Å². The molecular formula is C24H27N3O2. The third-order valence-electron chi connectivity index (χ3n) is 5.33. The molecule has 0 saturated heterocycles. The van der Waals surface area contributed by atoms with Gasteiger partial charge in [0.25, 0.3) is 5.91 Å². The maximum Gasteiger partial charge on any atom is 0.254 e. The molecule has 0 aromatic heterocycles. The quantitative estimate of drug-likeness (QED) is 0.699. The molecule has 0 spiro atoms. The summed E-state index contributed by atoms with van der Waals surface area (Å²) in [6.45, 7) is 2.09. The zero-order valence-electron chi connectivity index (χ0n) is 17.3. The minimum atomic E-state index is -0.530. The molecule has 2 amide bonds. The maximum absolute atomic E-state index is 12.5. The van der Waals surface area contributed by atoms with Crippen LogP contribution >= 0.6 is 0 Å². The van der Waals surface area contributed by atoms with Gasteiger partial charge in [-0.3, -0.25) is 9.59 Å². The van der Waals surface area contributed by atoms with E-state index in [0.29, 0.717) is 11.6 Å². The van der Waals surface area contributed by atoms with Gasteiger partial charge in [-0.1, -0.05) is 42.5 Å². The van der Waals surface area contributed by atoms with Gasteiger partial charge in [0, 0.05) is 18.7 Å². The standard InChI is InChI=1S/C24H27N3O2/c1-16(26(2)3)17-5-7-18(8-6-17)19-9-10-21-14-22(12-11-20(21)13-19)24(29)27(4)15-23(25)28/h5-14,16H,15H2,1-4H3,(H2,25,28). The smallest absolute Gasteiger partial charge is 0.254 e. The van der Waals surface area contributed by atoms with Gasteiger partial charge in [-0.2, -0.15) is 0 Å². The van der Waals surface area contributed by atoms with Crippen LogP contribution in [0.3, 0.4) is 0 Å². The van der Waals surface area contributed by atoms with Gasteiger partial charge in [0.05, 0.1) is 6.54 Å². The number of nitrogens with zero attached hydrogens (tertiary/aromatic N) is 2. The highest BCUT2D eigenvalue weighted by atomic mass is 16.2. The summed E-state index contributed by atoms with van der Waals surface area (Å²) >= 11 is 0. The number of carbonyl (C=O) groups excluding carboxylic acids is 2. The molecule has 1 unspecified atom stereocenters. The Balaban J connectivity index is 1.86. The molecule has 3 aromatic rings. The van der Waals surface area contributed by atoms with E-state index in [1.54, 1.807) is 13.1 Å². The first-order valence-corrected chi connectivity index (χ1v) is 9.60. The summed E-state index contributed by atoms with van der Waals surface area (Å²) in [5, 5.41) is 2.03. The molecule has 0 radical (unpaired) electrons. The van der Waals surface area contributed by atoms with Gasteiger partial charge in [-0.15, -0.1) is 0 Å². The summed E-state index contributed by atoms with van der Waals surface area (Å²) in [4.78, 5) is 27.0. The summed E-state index contributed by atoms with van der Waals surface area (Å²) in [6.07, 6.45) is 0. The van der Waals surface area contributed by atoms with E-state index in [-0.39, 0.29) is 12.5 Å². The number of amides is 2. The fourth-order valence-electron chi connectivity index (χ4n) is 3.34. The lowest BCUT2D eigenvalue weighted by Crippen LogP contribution is -2.35. The summed E-state index contributed by atoms with van der Waals surface area (Å²) in [5.41, 5.74) is 9.28. The second-order valence-corrected chi connectivity index (χ2v) is 7.67. The Morgan fingerprint density at radius 1 is 0.862 bits per heavy atom. The van der Waals surface area contributed by atoms with E-state index in [9.17, 15) is 9.59 Å². The van der Waals surface area contributed by atoms with Crippen LogP contribution in [0.4, 0.5) is 0 Å². The van der Waals surface area contributed by atoms with Gasteiger partial charge in [0.2, 0.25) is 5.91 Å². The molecule has 0 saturated carbocycles. The van der Waals surface area contributed by atoms with Gasteiger partial charge in [-0.25, -0.2) is 0 Å². The van der Waals surface area contributed by atoms with Crippen molar-refractivity contribution in [1.29, 1.82) is 0 Å². The molecule has 0 bridgehead atoms. The summed E-state index contributed by atoms with van der Waals surface area (Å²) in [5.74, 6) is -0.752. The van der Waals surface area contributed by atoms with E-state index >= 15 is 0 Å². The summed E-state index contributed by atoms with van der Waals surface area (Å²) in [6, 6.07) is 20.8. The van der Waals surface area contributed by atoms with Crippen molar-refractivity contribution in [2.75, 3.05) is 27.7 Å². The lowest BCUT2D eigenvalue weighted by atomic mass is 9.98. The maximum atomic E-state index is 12.5. The SMILES string of the molecule is CC(c1ccc(-c2ccc3cc(C(=O)N(C)CC(N)=O)ccc3c2)cc1)N(C)C. The number of benzene rings is 3. The average Bonchev–Trinajstić information content (AvgIpc) is 2.71. The van der Waals surface area contributed by atoms with Gasteiger partial charge >= 0.3 is 0 Å². The molecule has 150 valence electrons. The largest absolute Gasteiger partial charge is 0.368 e. The Morgan fingerprint density at radius 2 is 1.45 bits per heavy atom. The third kappa shape index (κ3) is 4.63. The van der Waals surface area contributed by atoms with Gasteiger partial charge in [-0.05, 0) is 66.7 Å². The van der Waals surface area contributed by atoms with Crippen molar-refractivity contribution >= 4 is 22.6 Å². The van der Waals surface area contributed by atoms with E-state index in [1.165, 1.54) is 10.5 Å². The molecule has 1 atom stereocenters. The fourth-order valence-corrected chi connectivity index (χ4v) is 3.34. The number of carbonyl (C=O) groups is 2. The Hall–Kier alpha value is -3.18. The number of likely N-dealkylation sites (N-methyl/N-ethyl adjacent to an activating group) is 1. The third-order valence-corrected chi connectivity index (χ3v) is 5.33. The van der Waals surface area contributed by atoms with Gasteiger partial charge in [0.15, 0.2) is 0 Å². The predicted molar refractivity (Wildman–Crippen MR) is 118 cm³/mol. The zero-order valence-corrected chi connectivity index (χ0v) is 17.3. The second kappa shape index (κ2) is 8.45. The number of fused-ring (bicyclic) bond motifs is 1. The van der Waals surface area contributed by atoms with Crippen LogP contribution in [0.25, 0.3) is 21.9 Å². The highest BCUT2D eigenvalue weighted by Crippen LogP contribution is 2.27. The molecule has 0 heterocycles. The summed E-state index contributed by atoms with van der Waals surface area (Å²) in [7, 11) is 5.72. The van der Waals surface area contributed by atoms with Crippen LogP contribution in [0.15, 0.2) is 60.7 Å². The van der Waals surface area contributed by atoms with Crippen LogP contribution in [0, 0.1) is 0 Å². The second-order valence-electron chi connectivity index (χ2n) is 7.67. The normalized spacial score (nSPS) is 12.2. The molecular weight excluding hydrogens is 362 g/mol. The molecule has 0 fully saturated rings. The summed E-state index contributed by atoms with van der Waals surface area (Å²) < 4.78 is 0. The molecule has 3 rings (SSSR count). The lowest BCUT2D eigenvalue weighted by Gasteiger charge is -2.20. The first-order valence-electron chi connectivity index (χ1n) is 9.60. The van der Waals surface area contributed by atoms with E-state index in [1.807, 2.05) is 18.2 Å². The molecule has 5 heteroatoms. The highest BCUT2D eigenvalue weighted by molar-refractivity contribution is 6.00. The minimum absolute atomic E-state index is 0.0990. The van der Waals surface area contributed by atoms with Crippen molar-refractivity contribution in [1.82, 2.24) is 9.80 Å². The molecule has 5 nitrogen and oxygen atoms in total. The molecule has 0 aliphatic heterocycles. The average molecular weight is 389 g/mol. The van der Waals surface area contributed by atoms with Crippen molar-refractivity contribution < 1.29 is 9.59 Å². The molecule has 0 aliphatic carbocycles. The monoisotopic (exact) mass is 389 g/mol. The van der Waals surface area contributed by atoms with E-state index in [4.69, 9.17) is 5.73 Å². The molecule has 3 aromatic carbocycles. The van der Waals surface area contributed by atoms with Crippen molar-refractivity contribution in [3.63, 3.8) is 0 Å². The van der Waals surface area contributed by atoms with E-state index in [2.05, 4.69) is 62.3 Å². The minimum Gasteiger partial charge on any atom is -0.368 e. The van der Waals surface area contributed by atoms with Crippen LogP contribution in [-0.4, -0.2) is 49.3 Å². The molecule has 29 heavy (non-hydrogen) atoms. The van der Waals surface area contributed by atoms with Crippen LogP contribution in [0.2, 0.25) is 0 Å². The van der Waals surface area contributed by atoms with Crippen LogP contribution in [0.5, 0.6) is 0 Å². The first-order chi connectivity index (χ1) is 13.8. The topological polar surface area (TPSA) is 66.6 Å². The van der Waals surface area contributed by atoms with Crippen LogP contribution in [-0.2, 0) is 4.79 Å². The van der Waals surface area contributed by atoms with Gasteiger partial charge in [0.1, 0.15) is 0 Å². The number of hydrogen-bond acceptors (Lipinski definition) is 3. The zero-order chi connectivity index (χ0) is 21.1. The highest BCUT2D eigenvalue weighted by Gasteiger charge is 2.14. The van der Waals surface area contributed by atoms with Gasteiger partial charge < -0.3 is 15.5 Å². The number of primary amides is 1. The van der Waals surface area contributed by atoms with E-state index < -0.39 is 5.91 Å². The Kier molecular flexibility index (Phi) is 5.99. The van der Waals surface area contributed by atoms with Crippen molar-refractivity contribution in [3.8, 4) is 11.1 Å². The Bertz CT molecular complexity index is 1040. The Labute approximate surface area is 171 Å². The number of hydrogen-bond donors (Lipinski definition) is 1. The first kappa shape index (κ1) is 20.6. The molecule has 0 aliphatic rings. The van der Waals surface area contributed by atoms with Crippen molar-refractivity contribution in [3.05, 3.63) is 71.8 Å². The fraction of sp³-hybridized carbons (Fsp3) is 0.250. The van der Waals surface area contributed by atoms with Crippen LogP contribution in [0.1, 0.15) is 28.9 Å². The number of rotatable bonds is 6. The predicted octanol–water partition coefficient (Wildman–Crippen LogP) is 3.69. The van der Waals surface area contributed by atoms with Crippen molar-refractivity contribution in [2.45, 2.75) is 13.0 Å². The molecule has 2 N–H and O–H groups in total. The van der Waals surface area contributed by atoms with Crippen LogP contribution < -0.4 is 5.73 Å². The van der Waals surface area contributed by atoms with Crippen molar-refractivity contribution in [2.24, 2.45) is 5.73 Å². The lowest BCUT2D eigenvalue weighted by molar-refractivity contribution is -0.118.